The van der Waals surface area contributed by atoms with Gasteiger partial charge in [0.2, 0.25) is 0 Å². The molecule has 2 saturated heterocycles. The summed E-state index contributed by atoms with van der Waals surface area (Å²) in [7, 11) is 0. The molecular weight excluding hydrogens is 152 g/mol. The SMILES string of the molecule is CC(CCC1OC1(C)C)C1CO1. The Bertz CT molecular complexity index is 171. The maximum atomic E-state index is 5.51. The fraction of sp³-hybridized carbons (Fsp3) is 1.00. The second-order valence-corrected chi connectivity index (χ2v) is 4.64. The van der Waals surface area contributed by atoms with Crippen LogP contribution in [0.3, 0.4) is 0 Å². The van der Waals surface area contributed by atoms with Crippen LogP contribution in [0.2, 0.25) is 0 Å². The molecule has 2 rings (SSSR count). The van der Waals surface area contributed by atoms with Crippen molar-refractivity contribution in [3.8, 4) is 0 Å². The molecular formula is C10H18O2. The highest BCUT2D eigenvalue weighted by atomic mass is 16.6. The number of epoxide rings is 2. The highest BCUT2D eigenvalue weighted by molar-refractivity contribution is 4.95. The topological polar surface area (TPSA) is 25.1 Å². The summed E-state index contributed by atoms with van der Waals surface area (Å²) in [6, 6.07) is 0. The summed E-state index contributed by atoms with van der Waals surface area (Å²) < 4.78 is 10.7. The molecule has 12 heavy (non-hydrogen) atoms. The minimum Gasteiger partial charge on any atom is -0.373 e. The summed E-state index contributed by atoms with van der Waals surface area (Å²) in [5, 5.41) is 0. The van der Waals surface area contributed by atoms with Gasteiger partial charge in [0.1, 0.15) is 0 Å². The van der Waals surface area contributed by atoms with E-state index in [-0.39, 0.29) is 5.60 Å². The van der Waals surface area contributed by atoms with Gasteiger partial charge in [0, 0.05) is 0 Å². The molecule has 0 saturated carbocycles. The van der Waals surface area contributed by atoms with Crippen molar-refractivity contribution in [3.05, 3.63) is 0 Å². The Balaban J connectivity index is 1.62. The van der Waals surface area contributed by atoms with Crippen LogP contribution in [0.15, 0.2) is 0 Å². The molecule has 2 aliphatic heterocycles. The van der Waals surface area contributed by atoms with E-state index in [1.807, 2.05) is 0 Å². The minimum absolute atomic E-state index is 0.171. The summed E-state index contributed by atoms with van der Waals surface area (Å²) >= 11 is 0. The van der Waals surface area contributed by atoms with Crippen LogP contribution in [0, 0.1) is 5.92 Å². The number of rotatable bonds is 4. The molecule has 0 aliphatic carbocycles. The number of ether oxygens (including phenoxy) is 2. The molecule has 0 bridgehead atoms. The molecule has 0 aromatic carbocycles. The molecule has 0 radical (unpaired) electrons. The largest absolute Gasteiger partial charge is 0.373 e. The first kappa shape index (κ1) is 8.52. The van der Waals surface area contributed by atoms with Crippen molar-refractivity contribution in [2.24, 2.45) is 5.92 Å². The second kappa shape index (κ2) is 2.71. The molecule has 3 atom stereocenters. The van der Waals surface area contributed by atoms with Gasteiger partial charge in [-0.15, -0.1) is 0 Å². The molecule has 2 nitrogen and oxygen atoms in total. The van der Waals surface area contributed by atoms with Crippen LogP contribution in [-0.4, -0.2) is 24.4 Å². The van der Waals surface area contributed by atoms with Gasteiger partial charge in [-0.05, 0) is 32.6 Å². The third kappa shape index (κ3) is 1.80. The van der Waals surface area contributed by atoms with Crippen LogP contribution in [-0.2, 0) is 9.47 Å². The predicted molar refractivity (Wildman–Crippen MR) is 47.1 cm³/mol. The molecule has 2 fully saturated rings. The van der Waals surface area contributed by atoms with Crippen LogP contribution in [0.4, 0.5) is 0 Å². The van der Waals surface area contributed by atoms with Gasteiger partial charge in [-0.2, -0.15) is 0 Å². The van der Waals surface area contributed by atoms with E-state index < -0.39 is 0 Å². The molecule has 0 spiro atoms. The van der Waals surface area contributed by atoms with Crippen LogP contribution in [0.1, 0.15) is 33.6 Å². The van der Waals surface area contributed by atoms with Crippen molar-refractivity contribution in [2.45, 2.75) is 51.4 Å². The van der Waals surface area contributed by atoms with E-state index in [2.05, 4.69) is 20.8 Å². The summed E-state index contributed by atoms with van der Waals surface area (Å²) in [6.45, 7) is 7.58. The Labute approximate surface area is 74.2 Å². The molecule has 2 heteroatoms. The lowest BCUT2D eigenvalue weighted by Gasteiger charge is -2.05. The normalized spacial score (nSPS) is 39.2. The van der Waals surface area contributed by atoms with E-state index in [0.29, 0.717) is 12.2 Å². The Hall–Kier alpha value is -0.0800. The lowest BCUT2D eigenvalue weighted by atomic mass is 9.98. The van der Waals surface area contributed by atoms with Crippen molar-refractivity contribution in [1.29, 1.82) is 0 Å². The first-order chi connectivity index (χ1) is 5.59. The summed E-state index contributed by atoms with van der Waals surface area (Å²) in [4.78, 5) is 0. The Morgan fingerprint density at radius 3 is 2.50 bits per heavy atom. The standard InChI is InChI=1S/C10H18O2/c1-7(8-6-11-8)4-5-9-10(2,3)12-9/h7-9H,4-6H2,1-3H3. The van der Waals surface area contributed by atoms with Crippen LogP contribution in [0.25, 0.3) is 0 Å². The average molecular weight is 170 g/mol. The fourth-order valence-electron chi connectivity index (χ4n) is 1.72. The quantitative estimate of drug-likeness (QED) is 0.603. The minimum atomic E-state index is 0.171. The molecule has 0 aromatic rings. The Kier molecular flexibility index (Phi) is 1.92. The first-order valence-corrected chi connectivity index (χ1v) is 4.89. The molecule has 0 N–H and O–H groups in total. The van der Waals surface area contributed by atoms with Crippen molar-refractivity contribution in [3.63, 3.8) is 0 Å². The van der Waals surface area contributed by atoms with E-state index in [4.69, 9.17) is 9.47 Å². The maximum Gasteiger partial charge on any atom is 0.0892 e. The van der Waals surface area contributed by atoms with Gasteiger partial charge < -0.3 is 9.47 Å². The van der Waals surface area contributed by atoms with E-state index in [0.717, 1.165) is 12.5 Å². The molecule has 70 valence electrons. The van der Waals surface area contributed by atoms with E-state index in [1.165, 1.54) is 12.8 Å². The lowest BCUT2D eigenvalue weighted by Crippen LogP contribution is -2.08. The maximum absolute atomic E-state index is 5.51. The van der Waals surface area contributed by atoms with Gasteiger partial charge in [0.25, 0.3) is 0 Å². The summed E-state index contributed by atoms with van der Waals surface area (Å²) in [5.41, 5.74) is 0.171. The molecule has 0 amide bonds. The zero-order valence-corrected chi connectivity index (χ0v) is 8.17. The van der Waals surface area contributed by atoms with Crippen molar-refractivity contribution in [1.82, 2.24) is 0 Å². The van der Waals surface area contributed by atoms with E-state index in [9.17, 15) is 0 Å². The molecule has 2 heterocycles. The first-order valence-electron chi connectivity index (χ1n) is 4.89. The van der Waals surface area contributed by atoms with E-state index >= 15 is 0 Å². The zero-order chi connectivity index (χ0) is 8.77. The van der Waals surface area contributed by atoms with Gasteiger partial charge in [-0.3, -0.25) is 0 Å². The lowest BCUT2D eigenvalue weighted by molar-refractivity contribution is 0.297. The Morgan fingerprint density at radius 2 is 2.08 bits per heavy atom. The van der Waals surface area contributed by atoms with E-state index in [1.54, 1.807) is 0 Å². The van der Waals surface area contributed by atoms with Crippen LogP contribution < -0.4 is 0 Å². The second-order valence-electron chi connectivity index (χ2n) is 4.64. The van der Waals surface area contributed by atoms with Crippen molar-refractivity contribution in [2.75, 3.05) is 6.61 Å². The molecule has 3 unspecified atom stereocenters. The number of hydrogen-bond acceptors (Lipinski definition) is 2. The van der Waals surface area contributed by atoms with Gasteiger partial charge in [0.05, 0.1) is 24.4 Å². The van der Waals surface area contributed by atoms with Gasteiger partial charge >= 0.3 is 0 Å². The smallest absolute Gasteiger partial charge is 0.0892 e. The van der Waals surface area contributed by atoms with Crippen LogP contribution >= 0.6 is 0 Å². The van der Waals surface area contributed by atoms with Crippen LogP contribution in [0.5, 0.6) is 0 Å². The predicted octanol–water partition coefficient (Wildman–Crippen LogP) is 1.98. The van der Waals surface area contributed by atoms with Gasteiger partial charge in [-0.1, -0.05) is 6.92 Å². The highest BCUT2D eigenvalue weighted by Crippen LogP contribution is 2.39. The number of hydrogen-bond donors (Lipinski definition) is 0. The van der Waals surface area contributed by atoms with Gasteiger partial charge in [0.15, 0.2) is 0 Å². The zero-order valence-electron chi connectivity index (χ0n) is 8.17. The summed E-state index contributed by atoms with van der Waals surface area (Å²) in [6.07, 6.45) is 3.53. The monoisotopic (exact) mass is 170 g/mol. The van der Waals surface area contributed by atoms with Gasteiger partial charge in [-0.25, -0.2) is 0 Å². The molecule has 2 aliphatic rings. The third-order valence-electron chi connectivity index (χ3n) is 3.04. The van der Waals surface area contributed by atoms with Crippen molar-refractivity contribution >= 4 is 0 Å². The average Bonchev–Trinajstić information content (AvgIpc) is 2.81. The molecule has 0 aromatic heterocycles. The Morgan fingerprint density at radius 1 is 1.50 bits per heavy atom. The van der Waals surface area contributed by atoms with Crippen molar-refractivity contribution < 1.29 is 9.47 Å². The third-order valence-corrected chi connectivity index (χ3v) is 3.04. The summed E-state index contributed by atoms with van der Waals surface area (Å²) in [5.74, 6) is 0.727. The fourth-order valence-corrected chi connectivity index (χ4v) is 1.72. The highest BCUT2D eigenvalue weighted by Gasteiger charge is 2.47.